The van der Waals surface area contributed by atoms with Gasteiger partial charge in [0.05, 0.1) is 13.2 Å². The molecule has 1 aromatic carbocycles. The van der Waals surface area contributed by atoms with E-state index in [-0.39, 0.29) is 18.0 Å². The number of aryl methyl sites for hydroxylation is 1. The lowest BCUT2D eigenvalue weighted by Crippen LogP contribution is -2.54. The molecule has 1 amide bonds. The highest BCUT2D eigenvalue weighted by Crippen LogP contribution is 2.21. The third-order valence-electron chi connectivity index (χ3n) is 3.93. The molecule has 0 saturated carbocycles. The monoisotopic (exact) mass is 260 g/mol. The number of nitrogens with one attached hydrogen (secondary N) is 2. The second kappa shape index (κ2) is 5.72. The first-order valence-electron chi connectivity index (χ1n) is 7.01. The van der Waals surface area contributed by atoms with Gasteiger partial charge in [0.25, 0.3) is 0 Å². The molecule has 2 unspecified atom stereocenters. The summed E-state index contributed by atoms with van der Waals surface area (Å²) >= 11 is 0. The van der Waals surface area contributed by atoms with E-state index in [2.05, 4.69) is 34.9 Å². The molecular weight excluding hydrogens is 240 g/mol. The molecule has 2 aliphatic rings. The maximum atomic E-state index is 12.1. The van der Waals surface area contributed by atoms with Crippen molar-refractivity contribution in [1.29, 1.82) is 0 Å². The Kier molecular flexibility index (Phi) is 3.80. The maximum absolute atomic E-state index is 12.1. The Morgan fingerprint density at radius 2 is 2.16 bits per heavy atom. The highest BCUT2D eigenvalue weighted by atomic mass is 16.5. The molecule has 4 nitrogen and oxygen atoms in total. The van der Waals surface area contributed by atoms with E-state index in [9.17, 15) is 4.79 Å². The van der Waals surface area contributed by atoms with Crippen LogP contribution in [0.25, 0.3) is 0 Å². The minimum Gasteiger partial charge on any atom is -0.378 e. The summed E-state index contributed by atoms with van der Waals surface area (Å²) < 4.78 is 5.33. The second-order valence-corrected chi connectivity index (χ2v) is 5.30. The number of hydrogen-bond acceptors (Lipinski definition) is 3. The van der Waals surface area contributed by atoms with Gasteiger partial charge in [0.15, 0.2) is 0 Å². The van der Waals surface area contributed by atoms with Crippen molar-refractivity contribution >= 4 is 5.91 Å². The number of carbonyl (C=O) groups excluding carboxylic acids is 1. The van der Waals surface area contributed by atoms with Crippen molar-refractivity contribution in [2.45, 2.75) is 31.3 Å². The Morgan fingerprint density at radius 1 is 1.32 bits per heavy atom. The molecule has 0 bridgehead atoms. The van der Waals surface area contributed by atoms with Crippen molar-refractivity contribution in [1.82, 2.24) is 10.6 Å². The molecule has 19 heavy (non-hydrogen) atoms. The second-order valence-electron chi connectivity index (χ2n) is 5.30. The summed E-state index contributed by atoms with van der Waals surface area (Å²) in [5, 5.41) is 6.34. The van der Waals surface area contributed by atoms with E-state index >= 15 is 0 Å². The lowest BCUT2D eigenvalue weighted by molar-refractivity contribution is -0.126. The van der Waals surface area contributed by atoms with Gasteiger partial charge in [-0.2, -0.15) is 0 Å². The lowest BCUT2D eigenvalue weighted by Gasteiger charge is -2.29. The van der Waals surface area contributed by atoms with E-state index in [1.54, 1.807) is 0 Å². The predicted octanol–water partition coefficient (Wildman–Crippen LogP) is 0.648. The third-order valence-corrected chi connectivity index (χ3v) is 3.93. The van der Waals surface area contributed by atoms with Gasteiger partial charge in [0.1, 0.15) is 6.04 Å². The Balaban J connectivity index is 1.58. The van der Waals surface area contributed by atoms with Gasteiger partial charge in [-0.05, 0) is 30.4 Å². The topological polar surface area (TPSA) is 50.4 Å². The maximum Gasteiger partial charge on any atom is 0.239 e. The Morgan fingerprint density at radius 3 is 2.95 bits per heavy atom. The normalized spacial score (nSPS) is 26.5. The molecule has 0 aromatic heterocycles. The first kappa shape index (κ1) is 12.6. The van der Waals surface area contributed by atoms with E-state index < -0.39 is 0 Å². The molecule has 1 saturated heterocycles. The summed E-state index contributed by atoms with van der Waals surface area (Å²) in [6.07, 6.45) is 3.02. The van der Waals surface area contributed by atoms with E-state index in [0.717, 1.165) is 25.8 Å². The van der Waals surface area contributed by atoms with Crippen molar-refractivity contribution < 1.29 is 9.53 Å². The fourth-order valence-electron chi connectivity index (χ4n) is 2.86. The van der Waals surface area contributed by atoms with Gasteiger partial charge in [-0.15, -0.1) is 0 Å². The van der Waals surface area contributed by atoms with Crippen LogP contribution in [0.15, 0.2) is 24.3 Å². The molecule has 4 heteroatoms. The van der Waals surface area contributed by atoms with E-state index in [1.807, 2.05) is 0 Å². The van der Waals surface area contributed by atoms with Crippen LogP contribution in [0.5, 0.6) is 0 Å². The average Bonchev–Trinajstić information content (AvgIpc) is 2.48. The first-order chi connectivity index (χ1) is 9.33. The van der Waals surface area contributed by atoms with Crippen LogP contribution in [0.3, 0.4) is 0 Å². The minimum atomic E-state index is -0.189. The number of carbonyl (C=O) groups is 1. The number of benzene rings is 1. The van der Waals surface area contributed by atoms with Crippen LogP contribution in [0.2, 0.25) is 0 Å². The van der Waals surface area contributed by atoms with Crippen molar-refractivity contribution in [3.05, 3.63) is 35.4 Å². The molecule has 0 spiro atoms. The largest absolute Gasteiger partial charge is 0.378 e. The first-order valence-corrected chi connectivity index (χ1v) is 7.01. The number of rotatable bonds is 2. The molecule has 3 rings (SSSR count). The van der Waals surface area contributed by atoms with Gasteiger partial charge < -0.3 is 15.4 Å². The molecule has 102 valence electrons. The van der Waals surface area contributed by atoms with Gasteiger partial charge in [0.2, 0.25) is 5.91 Å². The number of fused-ring (bicyclic) bond motifs is 1. The molecule has 2 atom stereocenters. The Labute approximate surface area is 113 Å². The fraction of sp³-hybridized carbons (Fsp3) is 0.533. The summed E-state index contributed by atoms with van der Waals surface area (Å²) in [6.45, 7) is 1.93. The van der Waals surface area contributed by atoms with Crippen molar-refractivity contribution in [2.24, 2.45) is 0 Å². The van der Waals surface area contributed by atoms with E-state index in [1.165, 1.54) is 11.1 Å². The number of morpholine rings is 1. The molecule has 1 aliphatic carbocycles. The van der Waals surface area contributed by atoms with Crippen LogP contribution in [0.4, 0.5) is 0 Å². The Hall–Kier alpha value is -1.39. The van der Waals surface area contributed by atoms with E-state index in [4.69, 9.17) is 4.74 Å². The summed E-state index contributed by atoms with van der Waals surface area (Å²) in [7, 11) is 0. The smallest absolute Gasteiger partial charge is 0.239 e. The van der Waals surface area contributed by atoms with E-state index in [0.29, 0.717) is 13.2 Å². The molecule has 1 aromatic rings. The van der Waals surface area contributed by atoms with Gasteiger partial charge in [-0.1, -0.05) is 24.3 Å². The molecule has 2 N–H and O–H groups in total. The van der Waals surface area contributed by atoms with Gasteiger partial charge >= 0.3 is 0 Å². The highest BCUT2D eigenvalue weighted by molar-refractivity contribution is 5.82. The molecule has 0 radical (unpaired) electrons. The molecule has 1 fully saturated rings. The zero-order valence-electron chi connectivity index (χ0n) is 11.0. The van der Waals surface area contributed by atoms with Crippen LogP contribution in [0.1, 0.15) is 17.5 Å². The van der Waals surface area contributed by atoms with Crippen LogP contribution < -0.4 is 10.6 Å². The number of ether oxygens (including phenoxy) is 1. The summed E-state index contributed by atoms with van der Waals surface area (Å²) in [5.41, 5.74) is 2.79. The Bertz CT molecular complexity index is 455. The van der Waals surface area contributed by atoms with Crippen molar-refractivity contribution in [2.75, 3.05) is 19.8 Å². The fourth-order valence-corrected chi connectivity index (χ4v) is 2.86. The standard InChI is InChI=1S/C15H20N2O2/c18-15(14-10-19-8-7-16-14)17-13-6-5-11-3-1-2-4-12(11)9-13/h1-4,13-14,16H,5-10H2,(H,17,18). The van der Waals surface area contributed by atoms with Gasteiger partial charge in [-0.25, -0.2) is 0 Å². The molecular formula is C15H20N2O2. The summed E-state index contributed by atoms with van der Waals surface area (Å²) in [5.74, 6) is 0.0732. The van der Waals surface area contributed by atoms with Gasteiger partial charge in [-0.3, -0.25) is 4.79 Å². The van der Waals surface area contributed by atoms with Crippen molar-refractivity contribution in [3.8, 4) is 0 Å². The van der Waals surface area contributed by atoms with Gasteiger partial charge in [0, 0.05) is 12.6 Å². The third kappa shape index (κ3) is 2.96. The SMILES string of the molecule is O=C(NC1CCc2ccccc2C1)C1COCCN1. The zero-order valence-corrected chi connectivity index (χ0v) is 11.0. The quantitative estimate of drug-likeness (QED) is 0.821. The van der Waals surface area contributed by atoms with Crippen LogP contribution >= 0.6 is 0 Å². The van der Waals surface area contributed by atoms with Crippen LogP contribution in [-0.4, -0.2) is 37.7 Å². The van der Waals surface area contributed by atoms with Crippen LogP contribution in [-0.2, 0) is 22.4 Å². The predicted molar refractivity (Wildman–Crippen MR) is 73.0 cm³/mol. The average molecular weight is 260 g/mol. The van der Waals surface area contributed by atoms with Crippen LogP contribution in [0, 0.1) is 0 Å². The summed E-state index contributed by atoms with van der Waals surface area (Å²) in [6, 6.07) is 8.57. The molecule has 1 aliphatic heterocycles. The molecule has 1 heterocycles. The highest BCUT2D eigenvalue weighted by Gasteiger charge is 2.25. The zero-order chi connectivity index (χ0) is 13.1. The minimum absolute atomic E-state index is 0.0732. The summed E-state index contributed by atoms with van der Waals surface area (Å²) in [4.78, 5) is 12.1. The number of hydrogen-bond donors (Lipinski definition) is 2. The lowest BCUT2D eigenvalue weighted by atomic mass is 9.88. The number of amides is 1. The van der Waals surface area contributed by atoms with Crippen molar-refractivity contribution in [3.63, 3.8) is 0 Å².